The minimum atomic E-state index is -0.341. The van der Waals surface area contributed by atoms with Crippen molar-refractivity contribution >= 4 is 0 Å². The van der Waals surface area contributed by atoms with Crippen LogP contribution < -0.4 is 0 Å². The minimum absolute atomic E-state index is 0.126. The van der Waals surface area contributed by atoms with Gasteiger partial charge in [-0.2, -0.15) is 0 Å². The Balaban J connectivity index is 2.08. The summed E-state index contributed by atoms with van der Waals surface area (Å²) in [5, 5.41) is 19.3. The third-order valence-electron chi connectivity index (χ3n) is 4.13. The highest BCUT2D eigenvalue weighted by Crippen LogP contribution is 2.60. The van der Waals surface area contributed by atoms with Crippen LogP contribution in [0.3, 0.4) is 0 Å². The van der Waals surface area contributed by atoms with E-state index in [9.17, 15) is 10.2 Å². The summed E-state index contributed by atoms with van der Waals surface area (Å²) in [6.45, 7) is 0.177. The van der Waals surface area contributed by atoms with Crippen molar-refractivity contribution in [3.63, 3.8) is 0 Å². The van der Waals surface area contributed by atoms with Gasteiger partial charge in [0.2, 0.25) is 0 Å². The van der Waals surface area contributed by atoms with Crippen LogP contribution in [0.1, 0.15) is 6.42 Å². The van der Waals surface area contributed by atoms with Gasteiger partial charge in [0.25, 0.3) is 0 Å². The van der Waals surface area contributed by atoms with Crippen LogP contribution in [-0.4, -0.2) is 22.9 Å². The van der Waals surface area contributed by atoms with E-state index in [1.807, 2.05) is 12.2 Å². The summed E-state index contributed by atoms with van der Waals surface area (Å²) < 4.78 is 0. The maximum absolute atomic E-state index is 9.79. The van der Waals surface area contributed by atoms with Crippen molar-refractivity contribution < 1.29 is 10.2 Å². The smallest absolute Gasteiger partial charge is 0.0764 e. The Morgan fingerprint density at radius 3 is 2.85 bits per heavy atom. The number of fused-ring (bicyclic) bond motifs is 5. The molecule has 2 bridgehead atoms. The zero-order valence-corrected chi connectivity index (χ0v) is 7.43. The topological polar surface area (TPSA) is 40.5 Å². The molecule has 0 aliphatic heterocycles. The Morgan fingerprint density at radius 1 is 1.31 bits per heavy atom. The molecule has 3 unspecified atom stereocenters. The number of aliphatic hydroxyl groups is 2. The fourth-order valence-electron chi connectivity index (χ4n) is 3.52. The fourth-order valence-corrected chi connectivity index (χ4v) is 3.52. The van der Waals surface area contributed by atoms with E-state index in [-0.39, 0.29) is 24.0 Å². The molecule has 1 fully saturated rings. The Hall–Kier alpha value is -0.600. The summed E-state index contributed by atoms with van der Waals surface area (Å²) in [5.41, 5.74) is -0.126. The zero-order valence-electron chi connectivity index (χ0n) is 7.43. The quantitative estimate of drug-likeness (QED) is 0.581. The highest BCUT2D eigenvalue weighted by molar-refractivity contribution is 5.31. The van der Waals surface area contributed by atoms with Crippen LogP contribution in [-0.2, 0) is 0 Å². The van der Waals surface area contributed by atoms with Crippen molar-refractivity contribution in [2.24, 2.45) is 23.2 Å². The lowest BCUT2D eigenvalue weighted by Crippen LogP contribution is -2.37. The van der Waals surface area contributed by atoms with Gasteiger partial charge in [0.15, 0.2) is 0 Å². The van der Waals surface area contributed by atoms with E-state index in [0.717, 1.165) is 6.42 Å². The molecule has 2 N–H and O–H groups in total. The maximum atomic E-state index is 9.79. The van der Waals surface area contributed by atoms with Gasteiger partial charge in [0, 0.05) is 11.3 Å². The van der Waals surface area contributed by atoms with Crippen molar-refractivity contribution in [1.29, 1.82) is 0 Å². The molecule has 3 rings (SSSR count). The molecule has 0 radical (unpaired) electrons. The van der Waals surface area contributed by atoms with Crippen LogP contribution in [0.25, 0.3) is 0 Å². The van der Waals surface area contributed by atoms with Crippen molar-refractivity contribution in [2.45, 2.75) is 12.5 Å². The number of rotatable bonds is 1. The molecular formula is C11H14O2. The SMILES string of the molecule is OC[C@]12C=C[C@@H](O)C1C1C=CC2C1. The summed E-state index contributed by atoms with van der Waals surface area (Å²) in [4.78, 5) is 0. The first-order chi connectivity index (χ1) is 6.28. The van der Waals surface area contributed by atoms with E-state index in [1.54, 1.807) is 0 Å². The molecule has 0 amide bonds. The van der Waals surface area contributed by atoms with E-state index in [2.05, 4.69) is 12.2 Å². The van der Waals surface area contributed by atoms with Gasteiger partial charge in [-0.3, -0.25) is 0 Å². The molecule has 0 aromatic rings. The molecule has 70 valence electrons. The highest BCUT2D eigenvalue weighted by atomic mass is 16.3. The first-order valence-corrected chi connectivity index (χ1v) is 4.94. The molecule has 5 atom stereocenters. The zero-order chi connectivity index (χ0) is 9.05. The first-order valence-electron chi connectivity index (χ1n) is 4.94. The lowest BCUT2D eigenvalue weighted by atomic mass is 9.71. The second-order valence-corrected chi connectivity index (χ2v) is 4.54. The van der Waals surface area contributed by atoms with Gasteiger partial charge in [-0.1, -0.05) is 24.3 Å². The molecule has 2 heteroatoms. The molecule has 0 spiro atoms. The molecule has 3 aliphatic carbocycles. The molecule has 0 heterocycles. The second-order valence-electron chi connectivity index (χ2n) is 4.54. The summed E-state index contributed by atoms with van der Waals surface area (Å²) in [7, 11) is 0. The van der Waals surface area contributed by atoms with E-state index in [4.69, 9.17) is 0 Å². The van der Waals surface area contributed by atoms with Crippen LogP contribution in [0.15, 0.2) is 24.3 Å². The van der Waals surface area contributed by atoms with Crippen molar-refractivity contribution in [2.75, 3.05) is 6.61 Å². The third kappa shape index (κ3) is 0.720. The minimum Gasteiger partial charge on any atom is -0.395 e. The highest BCUT2D eigenvalue weighted by Gasteiger charge is 2.58. The number of hydrogen-bond donors (Lipinski definition) is 2. The molecule has 2 nitrogen and oxygen atoms in total. The van der Waals surface area contributed by atoms with Gasteiger partial charge in [-0.05, 0) is 18.3 Å². The van der Waals surface area contributed by atoms with Crippen molar-refractivity contribution in [3.8, 4) is 0 Å². The van der Waals surface area contributed by atoms with Crippen LogP contribution in [0.2, 0.25) is 0 Å². The lowest BCUT2D eigenvalue weighted by Gasteiger charge is -2.35. The molecular weight excluding hydrogens is 164 g/mol. The molecule has 1 saturated carbocycles. The van der Waals surface area contributed by atoms with Gasteiger partial charge >= 0.3 is 0 Å². The van der Waals surface area contributed by atoms with Gasteiger partial charge in [0.1, 0.15) is 0 Å². The Labute approximate surface area is 77.6 Å². The summed E-state index contributed by atoms with van der Waals surface area (Å²) in [5.74, 6) is 1.19. The maximum Gasteiger partial charge on any atom is 0.0764 e. The predicted octanol–water partition coefficient (Wildman–Crippen LogP) is 0.718. The Kier molecular flexibility index (Phi) is 1.35. The number of aliphatic hydroxyl groups excluding tert-OH is 2. The summed E-state index contributed by atoms with van der Waals surface area (Å²) in [6, 6.07) is 0. The normalized spacial score (nSPS) is 56.2. The molecule has 0 saturated heterocycles. The largest absolute Gasteiger partial charge is 0.395 e. The van der Waals surface area contributed by atoms with Gasteiger partial charge in [0.05, 0.1) is 12.7 Å². The first kappa shape index (κ1) is 7.77. The van der Waals surface area contributed by atoms with E-state index in [1.165, 1.54) is 0 Å². The fraction of sp³-hybridized carbons (Fsp3) is 0.636. The van der Waals surface area contributed by atoms with E-state index in [0.29, 0.717) is 11.8 Å². The average Bonchev–Trinajstić information content (AvgIpc) is 2.77. The van der Waals surface area contributed by atoms with Crippen LogP contribution in [0.4, 0.5) is 0 Å². The van der Waals surface area contributed by atoms with Gasteiger partial charge < -0.3 is 10.2 Å². The second kappa shape index (κ2) is 2.25. The van der Waals surface area contributed by atoms with Crippen LogP contribution in [0.5, 0.6) is 0 Å². The van der Waals surface area contributed by atoms with Crippen molar-refractivity contribution in [3.05, 3.63) is 24.3 Å². The monoisotopic (exact) mass is 178 g/mol. The van der Waals surface area contributed by atoms with Crippen LogP contribution in [0, 0.1) is 23.2 Å². The van der Waals surface area contributed by atoms with Gasteiger partial charge in [-0.25, -0.2) is 0 Å². The molecule has 3 aliphatic rings. The lowest BCUT2D eigenvalue weighted by molar-refractivity contribution is 0.0430. The van der Waals surface area contributed by atoms with E-state index < -0.39 is 0 Å². The third-order valence-corrected chi connectivity index (χ3v) is 4.13. The predicted molar refractivity (Wildman–Crippen MR) is 48.9 cm³/mol. The molecule has 13 heavy (non-hydrogen) atoms. The van der Waals surface area contributed by atoms with Gasteiger partial charge in [-0.15, -0.1) is 0 Å². The van der Waals surface area contributed by atoms with Crippen LogP contribution >= 0.6 is 0 Å². The Bertz CT molecular complexity index is 294. The Morgan fingerprint density at radius 2 is 2.15 bits per heavy atom. The van der Waals surface area contributed by atoms with E-state index >= 15 is 0 Å². The summed E-state index contributed by atoms with van der Waals surface area (Å²) >= 11 is 0. The van der Waals surface area contributed by atoms with Crippen molar-refractivity contribution in [1.82, 2.24) is 0 Å². The number of allylic oxidation sites excluding steroid dienone is 2. The molecule has 0 aromatic heterocycles. The molecule has 0 aromatic carbocycles. The number of hydrogen-bond acceptors (Lipinski definition) is 2. The average molecular weight is 178 g/mol. The standard InChI is InChI=1S/C11H14O2/c12-6-11-4-3-9(13)10(11)7-1-2-8(11)5-7/h1-4,7-10,12-13H,5-6H2/t7?,8?,9-,10?,11+/m1/s1. The summed E-state index contributed by atoms with van der Waals surface area (Å²) in [6.07, 6.45) is 9.09.